The topological polar surface area (TPSA) is 98.0 Å². The van der Waals surface area contributed by atoms with Crippen LogP contribution in [-0.2, 0) is 11.3 Å². The third kappa shape index (κ3) is 3.92. The predicted molar refractivity (Wildman–Crippen MR) is 86.1 cm³/mol. The zero-order chi connectivity index (χ0) is 15.9. The third-order valence-electron chi connectivity index (χ3n) is 3.23. The molecular formula is C15H18N6O2. The summed E-state index contributed by atoms with van der Waals surface area (Å²) in [7, 11) is 1.68. The monoisotopic (exact) mass is 314 g/mol. The van der Waals surface area contributed by atoms with Crippen LogP contribution in [0.2, 0.25) is 0 Å². The summed E-state index contributed by atoms with van der Waals surface area (Å²) in [5.41, 5.74) is 1.91. The van der Waals surface area contributed by atoms with Gasteiger partial charge in [0.15, 0.2) is 11.6 Å². The Morgan fingerprint density at radius 2 is 1.70 bits per heavy atom. The van der Waals surface area contributed by atoms with Gasteiger partial charge in [-0.05, 0) is 22.3 Å². The summed E-state index contributed by atoms with van der Waals surface area (Å²) in [5, 5.41) is 14.0. The maximum absolute atomic E-state index is 5.04. The van der Waals surface area contributed by atoms with Gasteiger partial charge in [0, 0.05) is 26.8 Å². The molecular weight excluding hydrogens is 296 g/mol. The maximum Gasteiger partial charge on any atom is 0.245 e. The molecule has 8 nitrogen and oxygen atoms in total. The van der Waals surface area contributed by atoms with Crippen molar-refractivity contribution in [2.24, 2.45) is 0 Å². The van der Waals surface area contributed by atoms with E-state index >= 15 is 0 Å². The minimum atomic E-state index is 0.378. The van der Waals surface area contributed by atoms with E-state index in [1.54, 1.807) is 7.11 Å². The van der Waals surface area contributed by atoms with Gasteiger partial charge in [0.05, 0.1) is 0 Å². The number of anilines is 2. The molecule has 0 atom stereocenters. The molecule has 0 amide bonds. The first-order valence-corrected chi connectivity index (χ1v) is 7.38. The van der Waals surface area contributed by atoms with Gasteiger partial charge in [-0.15, -0.1) is 0 Å². The van der Waals surface area contributed by atoms with Crippen LogP contribution in [0.5, 0.6) is 0 Å². The Morgan fingerprint density at radius 1 is 1.00 bits per heavy atom. The van der Waals surface area contributed by atoms with Crippen molar-refractivity contribution in [3.05, 3.63) is 35.9 Å². The lowest BCUT2D eigenvalue weighted by molar-refractivity contribution is 0.198. The van der Waals surface area contributed by atoms with E-state index in [4.69, 9.17) is 4.74 Å². The molecule has 2 aromatic heterocycles. The summed E-state index contributed by atoms with van der Waals surface area (Å²) >= 11 is 0. The largest absolute Gasteiger partial charge is 0.385 e. The van der Waals surface area contributed by atoms with Crippen molar-refractivity contribution in [2.75, 3.05) is 30.9 Å². The first kappa shape index (κ1) is 15.2. The lowest BCUT2D eigenvalue weighted by Crippen LogP contribution is -2.11. The molecule has 3 aromatic rings. The molecule has 1 aromatic carbocycles. The van der Waals surface area contributed by atoms with Crippen molar-refractivity contribution in [2.45, 2.75) is 13.0 Å². The van der Waals surface area contributed by atoms with Crippen molar-refractivity contribution in [3.63, 3.8) is 0 Å². The molecule has 0 aliphatic carbocycles. The summed E-state index contributed by atoms with van der Waals surface area (Å²) in [6, 6.07) is 10.1. The van der Waals surface area contributed by atoms with E-state index in [2.05, 4.69) is 35.5 Å². The Hall–Kier alpha value is -2.74. The van der Waals surface area contributed by atoms with Gasteiger partial charge >= 0.3 is 0 Å². The highest BCUT2D eigenvalue weighted by molar-refractivity contribution is 5.73. The van der Waals surface area contributed by atoms with Crippen molar-refractivity contribution in [1.29, 1.82) is 0 Å². The number of nitrogens with zero attached hydrogens (tertiary/aromatic N) is 4. The van der Waals surface area contributed by atoms with Crippen LogP contribution in [0.1, 0.15) is 12.0 Å². The fourth-order valence-electron chi connectivity index (χ4n) is 2.09. The smallest absolute Gasteiger partial charge is 0.245 e. The number of aromatic nitrogens is 4. The van der Waals surface area contributed by atoms with E-state index in [9.17, 15) is 0 Å². The van der Waals surface area contributed by atoms with Crippen LogP contribution < -0.4 is 10.6 Å². The number of methoxy groups -OCH3 is 1. The third-order valence-corrected chi connectivity index (χ3v) is 3.23. The van der Waals surface area contributed by atoms with Crippen molar-refractivity contribution in [3.8, 4) is 0 Å². The fourth-order valence-corrected chi connectivity index (χ4v) is 2.09. The summed E-state index contributed by atoms with van der Waals surface area (Å²) in [4.78, 5) is 8.82. The van der Waals surface area contributed by atoms with Gasteiger partial charge in [-0.1, -0.05) is 30.3 Å². The van der Waals surface area contributed by atoms with Gasteiger partial charge in [0.2, 0.25) is 11.3 Å². The number of ether oxygens (including phenoxy) is 1. The summed E-state index contributed by atoms with van der Waals surface area (Å²) in [6.45, 7) is 2.04. The van der Waals surface area contributed by atoms with Crippen LogP contribution in [0, 0.1) is 0 Å². The SMILES string of the molecule is COCCCNc1nc2nonc2nc1NCc1ccccc1. The zero-order valence-electron chi connectivity index (χ0n) is 12.8. The zero-order valence-corrected chi connectivity index (χ0v) is 12.8. The molecule has 0 saturated heterocycles. The lowest BCUT2D eigenvalue weighted by atomic mass is 10.2. The summed E-state index contributed by atoms with van der Waals surface area (Å²) in [5.74, 6) is 1.25. The number of rotatable bonds is 8. The molecule has 120 valence electrons. The first-order valence-electron chi connectivity index (χ1n) is 7.38. The van der Waals surface area contributed by atoms with Crippen molar-refractivity contribution >= 4 is 22.9 Å². The molecule has 0 radical (unpaired) electrons. The Bertz CT molecular complexity index is 746. The van der Waals surface area contributed by atoms with Crippen LogP contribution in [0.4, 0.5) is 11.6 Å². The molecule has 0 fully saturated rings. The number of hydrogen-bond acceptors (Lipinski definition) is 8. The van der Waals surface area contributed by atoms with E-state index in [0.29, 0.717) is 36.1 Å². The van der Waals surface area contributed by atoms with Gasteiger partial charge < -0.3 is 15.4 Å². The van der Waals surface area contributed by atoms with Crippen LogP contribution in [-0.4, -0.2) is 40.5 Å². The molecule has 0 unspecified atom stereocenters. The molecule has 3 rings (SSSR count). The minimum Gasteiger partial charge on any atom is -0.385 e. The Morgan fingerprint density at radius 3 is 2.39 bits per heavy atom. The van der Waals surface area contributed by atoms with E-state index < -0.39 is 0 Å². The number of hydrogen-bond donors (Lipinski definition) is 2. The van der Waals surface area contributed by atoms with Crippen LogP contribution >= 0.6 is 0 Å². The highest BCUT2D eigenvalue weighted by Gasteiger charge is 2.12. The fraction of sp³-hybridized carbons (Fsp3) is 0.333. The average Bonchev–Trinajstić information content (AvgIpc) is 3.04. The van der Waals surface area contributed by atoms with E-state index in [-0.39, 0.29) is 0 Å². The van der Waals surface area contributed by atoms with Gasteiger partial charge in [0.1, 0.15) is 0 Å². The Labute approximate surface area is 133 Å². The molecule has 0 bridgehead atoms. The van der Waals surface area contributed by atoms with Crippen LogP contribution in [0.3, 0.4) is 0 Å². The van der Waals surface area contributed by atoms with Gasteiger partial charge in [-0.2, -0.15) is 0 Å². The second kappa shape index (κ2) is 7.50. The second-order valence-corrected chi connectivity index (χ2v) is 4.94. The highest BCUT2D eigenvalue weighted by atomic mass is 16.6. The standard InChI is InChI=1S/C15H18N6O2/c1-22-9-5-8-16-12-13(17-10-11-6-3-2-4-7-11)19-15-14(18-12)20-23-21-15/h2-4,6-7H,5,8-10H2,1H3,(H,16,18,20)(H,17,19,21). The highest BCUT2D eigenvalue weighted by Crippen LogP contribution is 2.20. The molecule has 0 saturated carbocycles. The Kier molecular flexibility index (Phi) is 4.95. The normalized spacial score (nSPS) is 10.8. The molecule has 23 heavy (non-hydrogen) atoms. The van der Waals surface area contributed by atoms with Crippen LogP contribution in [0.25, 0.3) is 11.3 Å². The molecule has 2 heterocycles. The van der Waals surface area contributed by atoms with Crippen LogP contribution in [0.15, 0.2) is 35.0 Å². The predicted octanol–water partition coefficient (Wildman–Crippen LogP) is 2.07. The molecule has 0 spiro atoms. The average molecular weight is 314 g/mol. The van der Waals surface area contributed by atoms with Gasteiger partial charge in [-0.25, -0.2) is 14.6 Å². The molecule has 0 aliphatic heterocycles. The minimum absolute atomic E-state index is 0.378. The van der Waals surface area contributed by atoms with Crippen molar-refractivity contribution < 1.29 is 9.37 Å². The number of fused-ring (bicyclic) bond motifs is 1. The number of benzene rings is 1. The maximum atomic E-state index is 5.04. The quantitative estimate of drug-likeness (QED) is 0.610. The summed E-state index contributed by atoms with van der Waals surface area (Å²) < 4.78 is 9.72. The van der Waals surface area contributed by atoms with Gasteiger partial charge in [0.25, 0.3) is 0 Å². The van der Waals surface area contributed by atoms with E-state index in [1.807, 2.05) is 30.3 Å². The molecule has 2 N–H and O–H groups in total. The summed E-state index contributed by atoms with van der Waals surface area (Å²) in [6.07, 6.45) is 0.866. The lowest BCUT2D eigenvalue weighted by Gasteiger charge is -2.11. The van der Waals surface area contributed by atoms with E-state index in [0.717, 1.165) is 18.5 Å². The van der Waals surface area contributed by atoms with Crippen molar-refractivity contribution in [1.82, 2.24) is 20.3 Å². The molecule has 0 aliphatic rings. The van der Waals surface area contributed by atoms with E-state index in [1.165, 1.54) is 0 Å². The first-order chi connectivity index (χ1) is 11.4. The second-order valence-electron chi connectivity index (χ2n) is 4.94. The Balaban J connectivity index is 1.75. The molecule has 8 heteroatoms. The van der Waals surface area contributed by atoms with Gasteiger partial charge in [-0.3, -0.25) is 0 Å². The number of nitrogens with one attached hydrogen (secondary N) is 2.